The summed E-state index contributed by atoms with van der Waals surface area (Å²) in [7, 11) is 0. The minimum atomic E-state index is -0.367. The molecule has 0 aromatic heterocycles. The number of aryl methyl sites for hydroxylation is 1. The van der Waals surface area contributed by atoms with Crippen molar-refractivity contribution in [1.82, 2.24) is 9.80 Å². The van der Waals surface area contributed by atoms with E-state index >= 15 is 0 Å². The Bertz CT molecular complexity index is 479. The summed E-state index contributed by atoms with van der Waals surface area (Å²) in [4.78, 5) is 16.5. The molecule has 2 rings (SSSR count). The Hall–Kier alpha value is -1.39. The Balaban J connectivity index is 1.84. The quantitative estimate of drug-likeness (QED) is 0.916. The number of carbonyl (C=O) groups excluding carboxylic acids is 1. The van der Waals surface area contributed by atoms with Crippen LogP contribution in [0.3, 0.4) is 0 Å². The minimum Gasteiger partial charge on any atom is -0.339 e. The van der Waals surface area contributed by atoms with Crippen molar-refractivity contribution in [3.05, 3.63) is 35.4 Å². The molecule has 1 fully saturated rings. The Kier molecular flexibility index (Phi) is 5.37. The number of carbonyl (C=O) groups is 1. The van der Waals surface area contributed by atoms with Crippen LogP contribution in [-0.4, -0.2) is 47.9 Å². The van der Waals surface area contributed by atoms with Crippen LogP contribution in [0.15, 0.2) is 24.3 Å². The summed E-state index contributed by atoms with van der Waals surface area (Å²) >= 11 is 0. The molecule has 1 aliphatic rings. The van der Waals surface area contributed by atoms with E-state index in [9.17, 15) is 4.79 Å². The number of hydrogen-bond donors (Lipinski definition) is 1. The van der Waals surface area contributed by atoms with E-state index in [4.69, 9.17) is 5.73 Å². The van der Waals surface area contributed by atoms with Crippen molar-refractivity contribution in [2.75, 3.05) is 26.2 Å². The van der Waals surface area contributed by atoms with Crippen LogP contribution >= 0.6 is 0 Å². The molecule has 2 N–H and O–H groups in total. The van der Waals surface area contributed by atoms with Crippen LogP contribution in [0.1, 0.15) is 25.0 Å². The maximum Gasteiger partial charge on any atom is 0.239 e. The SMILES string of the molecule is Cc1cccc(CN2CCN(C(=O)[C@@H](N)C(C)C)CC2)c1. The van der Waals surface area contributed by atoms with Gasteiger partial charge >= 0.3 is 0 Å². The predicted molar refractivity (Wildman–Crippen MR) is 85.8 cm³/mol. The Labute approximate surface area is 127 Å². The molecule has 0 aliphatic carbocycles. The molecule has 21 heavy (non-hydrogen) atoms. The molecule has 0 radical (unpaired) electrons. The maximum atomic E-state index is 12.2. The van der Waals surface area contributed by atoms with Gasteiger partial charge in [0.15, 0.2) is 0 Å². The zero-order valence-electron chi connectivity index (χ0n) is 13.4. The first-order chi connectivity index (χ1) is 9.97. The standard InChI is InChI=1S/C17H27N3O/c1-13(2)16(18)17(21)20-9-7-19(8-10-20)12-15-6-4-5-14(3)11-15/h4-6,11,13,16H,7-10,12,18H2,1-3H3/t16-/m0/s1. The lowest BCUT2D eigenvalue weighted by molar-refractivity contribution is -0.135. The summed E-state index contributed by atoms with van der Waals surface area (Å²) in [6, 6.07) is 8.25. The lowest BCUT2D eigenvalue weighted by Crippen LogP contribution is -2.54. The van der Waals surface area contributed by atoms with E-state index in [-0.39, 0.29) is 17.9 Å². The van der Waals surface area contributed by atoms with Gasteiger partial charge in [0.05, 0.1) is 6.04 Å². The van der Waals surface area contributed by atoms with E-state index in [1.165, 1.54) is 11.1 Å². The van der Waals surface area contributed by atoms with E-state index in [1.807, 2.05) is 18.7 Å². The van der Waals surface area contributed by atoms with Gasteiger partial charge < -0.3 is 10.6 Å². The van der Waals surface area contributed by atoms with Gasteiger partial charge in [-0.05, 0) is 18.4 Å². The van der Waals surface area contributed by atoms with Gasteiger partial charge in [0.25, 0.3) is 0 Å². The van der Waals surface area contributed by atoms with Crippen molar-refractivity contribution < 1.29 is 4.79 Å². The fraction of sp³-hybridized carbons (Fsp3) is 0.588. The summed E-state index contributed by atoms with van der Waals surface area (Å²) in [6.07, 6.45) is 0. The zero-order valence-corrected chi connectivity index (χ0v) is 13.4. The van der Waals surface area contributed by atoms with Crippen LogP contribution < -0.4 is 5.73 Å². The first kappa shape index (κ1) is 16.0. The number of amides is 1. The lowest BCUT2D eigenvalue weighted by atomic mass is 10.0. The molecule has 1 aromatic rings. The number of nitrogens with zero attached hydrogens (tertiary/aromatic N) is 2. The highest BCUT2D eigenvalue weighted by atomic mass is 16.2. The van der Waals surface area contributed by atoms with Crippen molar-refractivity contribution in [3.8, 4) is 0 Å². The minimum absolute atomic E-state index is 0.0974. The van der Waals surface area contributed by atoms with Gasteiger partial charge in [-0.1, -0.05) is 43.7 Å². The van der Waals surface area contributed by atoms with E-state index < -0.39 is 0 Å². The molecule has 0 bridgehead atoms. The summed E-state index contributed by atoms with van der Waals surface area (Å²) in [5, 5.41) is 0. The average molecular weight is 289 g/mol. The van der Waals surface area contributed by atoms with Crippen LogP contribution in [0.4, 0.5) is 0 Å². The molecule has 1 aromatic carbocycles. The fourth-order valence-corrected chi connectivity index (χ4v) is 2.69. The zero-order chi connectivity index (χ0) is 15.4. The van der Waals surface area contributed by atoms with Crippen molar-refractivity contribution >= 4 is 5.91 Å². The first-order valence-electron chi connectivity index (χ1n) is 7.79. The van der Waals surface area contributed by atoms with Crippen LogP contribution in [0.5, 0.6) is 0 Å². The number of nitrogens with two attached hydrogens (primary N) is 1. The summed E-state index contributed by atoms with van der Waals surface area (Å²) in [5.74, 6) is 0.294. The molecule has 0 spiro atoms. The van der Waals surface area contributed by atoms with Gasteiger partial charge in [-0.2, -0.15) is 0 Å². The first-order valence-corrected chi connectivity index (χ1v) is 7.79. The largest absolute Gasteiger partial charge is 0.339 e. The van der Waals surface area contributed by atoms with Crippen molar-refractivity contribution in [2.45, 2.75) is 33.4 Å². The summed E-state index contributed by atoms with van der Waals surface area (Å²) in [5.41, 5.74) is 8.60. The van der Waals surface area contributed by atoms with Gasteiger partial charge in [-0.25, -0.2) is 0 Å². The highest BCUT2D eigenvalue weighted by Gasteiger charge is 2.26. The summed E-state index contributed by atoms with van der Waals surface area (Å²) in [6.45, 7) is 10.5. The molecule has 4 nitrogen and oxygen atoms in total. The highest BCUT2D eigenvalue weighted by molar-refractivity contribution is 5.82. The topological polar surface area (TPSA) is 49.6 Å². The second-order valence-corrected chi connectivity index (χ2v) is 6.36. The van der Waals surface area contributed by atoms with Crippen molar-refractivity contribution in [3.63, 3.8) is 0 Å². The lowest BCUT2D eigenvalue weighted by Gasteiger charge is -2.36. The van der Waals surface area contributed by atoms with Crippen molar-refractivity contribution in [1.29, 1.82) is 0 Å². The molecule has 1 amide bonds. The van der Waals surface area contributed by atoms with Gasteiger partial charge in [0.1, 0.15) is 0 Å². The van der Waals surface area contributed by atoms with Gasteiger partial charge in [-0.15, -0.1) is 0 Å². The number of rotatable bonds is 4. The Morgan fingerprint density at radius 2 is 1.90 bits per heavy atom. The van der Waals surface area contributed by atoms with E-state index in [0.29, 0.717) is 0 Å². The predicted octanol–water partition coefficient (Wildman–Crippen LogP) is 1.62. The van der Waals surface area contributed by atoms with E-state index in [1.54, 1.807) is 0 Å². The molecule has 0 unspecified atom stereocenters. The molecule has 1 atom stereocenters. The monoisotopic (exact) mass is 289 g/mol. The molecular formula is C17H27N3O. The van der Waals surface area contributed by atoms with Crippen LogP contribution in [0.2, 0.25) is 0 Å². The van der Waals surface area contributed by atoms with Crippen LogP contribution in [-0.2, 0) is 11.3 Å². The Morgan fingerprint density at radius 3 is 2.48 bits per heavy atom. The number of hydrogen-bond acceptors (Lipinski definition) is 3. The van der Waals surface area contributed by atoms with Crippen LogP contribution in [0.25, 0.3) is 0 Å². The van der Waals surface area contributed by atoms with E-state index in [0.717, 1.165) is 32.7 Å². The number of piperazine rings is 1. The van der Waals surface area contributed by atoms with Crippen LogP contribution in [0, 0.1) is 12.8 Å². The molecular weight excluding hydrogens is 262 g/mol. The molecule has 1 saturated heterocycles. The molecule has 0 saturated carbocycles. The van der Waals surface area contributed by atoms with Gasteiger partial charge in [0, 0.05) is 32.7 Å². The molecule has 1 aliphatic heterocycles. The Morgan fingerprint density at radius 1 is 1.24 bits per heavy atom. The third kappa shape index (κ3) is 4.29. The molecule has 4 heteroatoms. The third-order valence-electron chi connectivity index (χ3n) is 4.18. The average Bonchev–Trinajstić information content (AvgIpc) is 2.46. The van der Waals surface area contributed by atoms with E-state index in [2.05, 4.69) is 36.1 Å². The number of benzene rings is 1. The van der Waals surface area contributed by atoms with Crippen molar-refractivity contribution in [2.24, 2.45) is 11.7 Å². The van der Waals surface area contributed by atoms with Gasteiger partial charge in [-0.3, -0.25) is 9.69 Å². The molecule has 116 valence electrons. The smallest absolute Gasteiger partial charge is 0.239 e. The fourth-order valence-electron chi connectivity index (χ4n) is 2.69. The second kappa shape index (κ2) is 7.05. The normalized spacial score (nSPS) is 18.0. The highest BCUT2D eigenvalue weighted by Crippen LogP contribution is 2.12. The van der Waals surface area contributed by atoms with Gasteiger partial charge in [0.2, 0.25) is 5.91 Å². The summed E-state index contributed by atoms with van der Waals surface area (Å²) < 4.78 is 0. The molecule has 1 heterocycles. The third-order valence-corrected chi connectivity index (χ3v) is 4.18. The second-order valence-electron chi connectivity index (χ2n) is 6.36. The maximum absolute atomic E-state index is 12.2.